The molecular formula is C16H10BrNO2. The molecule has 0 saturated heterocycles. The lowest BCUT2D eigenvalue weighted by atomic mass is 9.88. The van der Waals surface area contributed by atoms with Crippen LogP contribution in [0.1, 0.15) is 20.7 Å². The standard InChI is InChI=1S/C16H10BrNO2/c17-13-14(18-10-6-2-1-3-7-10)16(20)12-9-5-4-8-11(12)15(13)19/h1-9,13H. The summed E-state index contributed by atoms with van der Waals surface area (Å²) in [7, 11) is 0. The Kier molecular flexibility index (Phi) is 3.32. The molecule has 0 radical (unpaired) electrons. The van der Waals surface area contributed by atoms with E-state index in [0.717, 1.165) is 0 Å². The lowest BCUT2D eigenvalue weighted by molar-refractivity contribution is 0.0971. The highest BCUT2D eigenvalue weighted by Crippen LogP contribution is 2.26. The van der Waals surface area contributed by atoms with E-state index in [1.165, 1.54) is 0 Å². The molecule has 98 valence electrons. The maximum Gasteiger partial charge on any atom is 0.209 e. The van der Waals surface area contributed by atoms with Crippen LogP contribution in [0.25, 0.3) is 0 Å². The van der Waals surface area contributed by atoms with Crippen LogP contribution in [0.15, 0.2) is 59.6 Å². The average molecular weight is 328 g/mol. The van der Waals surface area contributed by atoms with E-state index in [1.807, 2.05) is 18.2 Å². The highest BCUT2D eigenvalue weighted by atomic mass is 79.9. The van der Waals surface area contributed by atoms with Crippen LogP contribution in [-0.4, -0.2) is 22.1 Å². The molecule has 3 rings (SSSR count). The molecule has 2 aromatic carbocycles. The molecule has 1 aliphatic rings. The number of nitrogens with zero attached hydrogens (tertiary/aromatic N) is 1. The fourth-order valence-corrected chi connectivity index (χ4v) is 2.72. The summed E-state index contributed by atoms with van der Waals surface area (Å²) < 4.78 is 0. The lowest BCUT2D eigenvalue weighted by Gasteiger charge is -2.19. The largest absolute Gasteiger partial charge is 0.292 e. The van der Waals surface area contributed by atoms with Crippen LogP contribution in [0.2, 0.25) is 0 Å². The summed E-state index contributed by atoms with van der Waals surface area (Å²) in [5.41, 5.74) is 1.77. The zero-order valence-corrected chi connectivity index (χ0v) is 12.0. The van der Waals surface area contributed by atoms with Gasteiger partial charge in [-0.25, -0.2) is 4.99 Å². The van der Waals surface area contributed by atoms with E-state index in [0.29, 0.717) is 16.8 Å². The first kappa shape index (κ1) is 12.9. The predicted octanol–water partition coefficient (Wildman–Crippen LogP) is 3.60. The number of para-hydroxylation sites is 1. The summed E-state index contributed by atoms with van der Waals surface area (Å²) >= 11 is 3.29. The van der Waals surface area contributed by atoms with Gasteiger partial charge in [-0.2, -0.15) is 0 Å². The minimum absolute atomic E-state index is 0.130. The number of halogens is 1. The molecule has 1 unspecified atom stereocenters. The molecule has 1 atom stereocenters. The molecule has 20 heavy (non-hydrogen) atoms. The second kappa shape index (κ2) is 5.13. The summed E-state index contributed by atoms with van der Waals surface area (Å²) in [6.07, 6.45) is 0. The first-order chi connectivity index (χ1) is 9.68. The zero-order valence-electron chi connectivity index (χ0n) is 10.4. The van der Waals surface area contributed by atoms with Crippen molar-refractivity contribution in [2.75, 3.05) is 0 Å². The van der Waals surface area contributed by atoms with Crippen molar-refractivity contribution in [2.24, 2.45) is 4.99 Å². The van der Waals surface area contributed by atoms with Crippen molar-refractivity contribution in [1.29, 1.82) is 0 Å². The van der Waals surface area contributed by atoms with E-state index in [1.54, 1.807) is 36.4 Å². The van der Waals surface area contributed by atoms with Gasteiger partial charge < -0.3 is 0 Å². The number of hydrogen-bond acceptors (Lipinski definition) is 3. The van der Waals surface area contributed by atoms with Crippen molar-refractivity contribution in [2.45, 2.75) is 4.83 Å². The summed E-state index contributed by atoms with van der Waals surface area (Å²) in [6.45, 7) is 0. The Bertz CT molecular complexity index is 722. The number of Topliss-reactive ketones (excluding diaryl/α,β-unsaturated/α-hetero) is 2. The second-order valence-corrected chi connectivity index (χ2v) is 5.35. The van der Waals surface area contributed by atoms with Crippen molar-refractivity contribution in [1.82, 2.24) is 0 Å². The molecule has 0 N–H and O–H groups in total. The van der Waals surface area contributed by atoms with Gasteiger partial charge in [-0.3, -0.25) is 9.59 Å². The quantitative estimate of drug-likeness (QED) is 0.751. The van der Waals surface area contributed by atoms with E-state index in [9.17, 15) is 9.59 Å². The minimum atomic E-state index is -0.690. The van der Waals surface area contributed by atoms with Gasteiger partial charge in [0.2, 0.25) is 5.78 Å². The van der Waals surface area contributed by atoms with Crippen molar-refractivity contribution in [3.63, 3.8) is 0 Å². The van der Waals surface area contributed by atoms with E-state index < -0.39 is 4.83 Å². The number of hydrogen-bond donors (Lipinski definition) is 0. The number of benzene rings is 2. The van der Waals surface area contributed by atoms with Crippen LogP contribution < -0.4 is 0 Å². The topological polar surface area (TPSA) is 46.5 Å². The first-order valence-corrected chi connectivity index (χ1v) is 7.05. The van der Waals surface area contributed by atoms with Crippen molar-refractivity contribution in [3.8, 4) is 0 Å². The molecule has 0 spiro atoms. The smallest absolute Gasteiger partial charge is 0.209 e. The predicted molar refractivity (Wildman–Crippen MR) is 81.4 cm³/mol. The molecule has 0 aliphatic heterocycles. The Morgan fingerprint density at radius 2 is 1.45 bits per heavy atom. The Morgan fingerprint density at radius 3 is 2.15 bits per heavy atom. The van der Waals surface area contributed by atoms with Crippen molar-refractivity contribution < 1.29 is 9.59 Å². The Labute approximate surface area is 124 Å². The van der Waals surface area contributed by atoms with Crippen LogP contribution >= 0.6 is 15.9 Å². The lowest BCUT2D eigenvalue weighted by Crippen LogP contribution is -2.37. The van der Waals surface area contributed by atoms with Crippen LogP contribution in [0.4, 0.5) is 5.69 Å². The van der Waals surface area contributed by atoms with Crippen molar-refractivity contribution >= 4 is 38.9 Å². The number of carbonyl (C=O) groups is 2. The number of rotatable bonds is 1. The van der Waals surface area contributed by atoms with E-state index in [2.05, 4.69) is 20.9 Å². The summed E-state index contributed by atoms with van der Waals surface area (Å²) in [4.78, 5) is 28.4. The van der Waals surface area contributed by atoms with Gasteiger partial charge in [-0.15, -0.1) is 0 Å². The third kappa shape index (κ3) is 2.12. The molecule has 1 aliphatic carbocycles. The third-order valence-electron chi connectivity index (χ3n) is 3.15. The molecule has 0 heterocycles. The monoisotopic (exact) mass is 327 g/mol. The van der Waals surface area contributed by atoms with Gasteiger partial charge in [0.25, 0.3) is 0 Å². The van der Waals surface area contributed by atoms with Crippen LogP contribution in [0, 0.1) is 0 Å². The molecular weight excluding hydrogens is 318 g/mol. The molecule has 0 fully saturated rings. The number of ketones is 2. The van der Waals surface area contributed by atoms with Gasteiger partial charge in [0.15, 0.2) is 5.78 Å². The van der Waals surface area contributed by atoms with Crippen molar-refractivity contribution in [3.05, 3.63) is 65.7 Å². The van der Waals surface area contributed by atoms with Gasteiger partial charge in [0.05, 0.1) is 5.69 Å². The van der Waals surface area contributed by atoms with Gasteiger partial charge in [0, 0.05) is 11.1 Å². The van der Waals surface area contributed by atoms with E-state index >= 15 is 0 Å². The number of alkyl halides is 1. The van der Waals surface area contributed by atoms with Crippen LogP contribution in [0.5, 0.6) is 0 Å². The van der Waals surface area contributed by atoms with Crippen LogP contribution in [-0.2, 0) is 0 Å². The number of aliphatic imine (C=N–C) groups is 1. The maximum atomic E-state index is 12.5. The molecule has 0 bridgehead atoms. The normalized spacial score (nSPS) is 20.1. The second-order valence-electron chi connectivity index (χ2n) is 4.43. The Hall–Kier alpha value is -2.07. The molecule has 3 nitrogen and oxygen atoms in total. The van der Waals surface area contributed by atoms with Gasteiger partial charge in [-0.1, -0.05) is 58.4 Å². The molecule has 2 aromatic rings. The van der Waals surface area contributed by atoms with Gasteiger partial charge >= 0.3 is 0 Å². The van der Waals surface area contributed by atoms with E-state index in [-0.39, 0.29) is 17.3 Å². The third-order valence-corrected chi connectivity index (χ3v) is 4.00. The van der Waals surface area contributed by atoms with E-state index in [4.69, 9.17) is 0 Å². The Morgan fingerprint density at radius 1 is 0.850 bits per heavy atom. The zero-order chi connectivity index (χ0) is 14.1. The van der Waals surface area contributed by atoms with Gasteiger partial charge in [-0.05, 0) is 12.1 Å². The Balaban J connectivity index is 2.13. The first-order valence-electron chi connectivity index (χ1n) is 6.14. The molecule has 0 amide bonds. The molecule has 4 heteroatoms. The summed E-state index contributed by atoms with van der Waals surface area (Å²) in [6, 6.07) is 16.0. The summed E-state index contributed by atoms with van der Waals surface area (Å²) in [5, 5.41) is 0. The molecule has 0 saturated carbocycles. The number of carbonyl (C=O) groups excluding carboxylic acids is 2. The average Bonchev–Trinajstić information content (AvgIpc) is 2.50. The maximum absolute atomic E-state index is 12.5. The van der Waals surface area contributed by atoms with Crippen LogP contribution in [0.3, 0.4) is 0 Å². The van der Waals surface area contributed by atoms with Gasteiger partial charge in [0.1, 0.15) is 10.5 Å². The minimum Gasteiger partial charge on any atom is -0.292 e. The SMILES string of the molecule is O=C1C(=Nc2ccccc2)C(Br)C(=O)c2ccccc21. The summed E-state index contributed by atoms with van der Waals surface area (Å²) in [5.74, 6) is -0.333. The highest BCUT2D eigenvalue weighted by Gasteiger charge is 2.36. The fourth-order valence-electron chi connectivity index (χ4n) is 2.16. The number of fused-ring (bicyclic) bond motifs is 1. The fraction of sp³-hybridized carbons (Fsp3) is 0.0625. The molecule has 0 aromatic heterocycles. The highest BCUT2D eigenvalue weighted by molar-refractivity contribution is 9.10.